The van der Waals surface area contributed by atoms with E-state index >= 15 is 0 Å². The number of allylic oxidation sites excluding steroid dienone is 1. The Balaban J connectivity index is 2.81. The van der Waals surface area contributed by atoms with Crippen LogP contribution >= 0.6 is 0 Å². The third-order valence-electron chi connectivity index (χ3n) is 5.45. The summed E-state index contributed by atoms with van der Waals surface area (Å²) in [5, 5.41) is 12.9. The lowest BCUT2D eigenvalue weighted by Gasteiger charge is -2.30. The van der Waals surface area contributed by atoms with Gasteiger partial charge >= 0.3 is 6.03 Å². The molecule has 0 bridgehead atoms. The standard InChI is InChI=1S/C26H41N5O/c1-8-19(4)11-12-22-13-15-23(16-14-22)30-20(5)24(10-9-17-29-26(27)32)31-21(6)25(28-7)18(2)3/h13-16,18,24-25,28,30-31H,1,5-6,9-12,17H2,2-4,7H3,(H3,27,29,32)/t24-,25?/m0/s1. The molecule has 0 fully saturated rings. The Morgan fingerprint density at radius 3 is 2.34 bits per heavy atom. The number of benzene rings is 1. The van der Waals surface area contributed by atoms with E-state index in [1.807, 2.05) is 14.0 Å². The normalized spacial score (nSPS) is 12.4. The third-order valence-corrected chi connectivity index (χ3v) is 5.45. The minimum Gasteiger partial charge on any atom is -0.379 e. The molecule has 1 aromatic carbocycles. The number of urea groups is 1. The van der Waals surface area contributed by atoms with Crippen molar-refractivity contribution in [2.24, 2.45) is 11.7 Å². The summed E-state index contributed by atoms with van der Waals surface area (Å²) in [5.41, 5.74) is 13.3. The van der Waals surface area contributed by atoms with E-state index < -0.39 is 6.03 Å². The number of primary amides is 1. The number of nitrogens with two attached hydrogens (primary N) is 1. The van der Waals surface area contributed by atoms with E-state index in [1.54, 1.807) is 0 Å². The number of hydrogen-bond acceptors (Lipinski definition) is 4. The predicted molar refractivity (Wildman–Crippen MR) is 136 cm³/mol. The van der Waals surface area contributed by atoms with Gasteiger partial charge in [0, 0.05) is 29.7 Å². The Labute approximate surface area is 194 Å². The van der Waals surface area contributed by atoms with Gasteiger partial charge < -0.3 is 27.0 Å². The van der Waals surface area contributed by atoms with Crippen LogP contribution < -0.4 is 27.0 Å². The Kier molecular flexibility index (Phi) is 12.0. The van der Waals surface area contributed by atoms with Crippen molar-refractivity contribution >= 4 is 11.7 Å². The molecule has 2 atom stereocenters. The molecule has 1 unspecified atom stereocenters. The van der Waals surface area contributed by atoms with Gasteiger partial charge in [0.25, 0.3) is 0 Å². The highest BCUT2D eigenvalue weighted by atomic mass is 16.2. The minimum atomic E-state index is -0.509. The third kappa shape index (κ3) is 9.90. The number of likely N-dealkylation sites (N-methyl/N-ethyl adjacent to an activating group) is 1. The van der Waals surface area contributed by atoms with E-state index in [0.717, 1.165) is 42.8 Å². The zero-order valence-corrected chi connectivity index (χ0v) is 20.2. The number of hydrogen-bond donors (Lipinski definition) is 5. The second-order valence-electron chi connectivity index (χ2n) is 8.47. The summed E-state index contributed by atoms with van der Waals surface area (Å²) in [4.78, 5) is 11.0. The second-order valence-corrected chi connectivity index (χ2v) is 8.47. The van der Waals surface area contributed by atoms with Crippen LogP contribution in [0.5, 0.6) is 0 Å². The maximum atomic E-state index is 11.0. The molecule has 0 spiro atoms. The van der Waals surface area contributed by atoms with Crippen molar-refractivity contribution < 1.29 is 4.79 Å². The van der Waals surface area contributed by atoms with Crippen LogP contribution in [0.15, 0.2) is 66.7 Å². The number of carbonyl (C=O) groups is 1. The summed E-state index contributed by atoms with van der Waals surface area (Å²) in [7, 11) is 1.93. The van der Waals surface area contributed by atoms with Crippen LogP contribution in [-0.4, -0.2) is 31.7 Å². The van der Waals surface area contributed by atoms with Crippen molar-refractivity contribution in [1.82, 2.24) is 16.0 Å². The molecule has 0 aliphatic rings. The lowest BCUT2D eigenvalue weighted by molar-refractivity contribution is 0.248. The Bertz CT molecular complexity index is 806. The van der Waals surface area contributed by atoms with Gasteiger partial charge in [0.1, 0.15) is 0 Å². The van der Waals surface area contributed by atoms with Gasteiger partial charge in [0.05, 0.1) is 6.04 Å². The fourth-order valence-electron chi connectivity index (χ4n) is 3.52. The van der Waals surface area contributed by atoms with E-state index in [1.165, 1.54) is 11.1 Å². The molecule has 6 heteroatoms. The van der Waals surface area contributed by atoms with Gasteiger partial charge in [0.2, 0.25) is 0 Å². The number of rotatable bonds is 15. The van der Waals surface area contributed by atoms with Gasteiger partial charge in [0.15, 0.2) is 0 Å². The number of amides is 2. The van der Waals surface area contributed by atoms with Gasteiger partial charge in [-0.1, -0.05) is 45.7 Å². The predicted octanol–water partition coefficient (Wildman–Crippen LogP) is 4.44. The van der Waals surface area contributed by atoms with Crippen molar-refractivity contribution in [2.75, 3.05) is 18.9 Å². The van der Waals surface area contributed by atoms with Crippen LogP contribution in [0.25, 0.3) is 0 Å². The van der Waals surface area contributed by atoms with E-state index in [0.29, 0.717) is 12.5 Å². The summed E-state index contributed by atoms with van der Waals surface area (Å²) < 4.78 is 0. The zero-order chi connectivity index (χ0) is 24.1. The molecular formula is C26H41N5O. The van der Waals surface area contributed by atoms with Gasteiger partial charge in [-0.2, -0.15) is 0 Å². The highest BCUT2D eigenvalue weighted by Crippen LogP contribution is 2.18. The van der Waals surface area contributed by atoms with Crippen LogP contribution in [0.3, 0.4) is 0 Å². The number of aryl methyl sites for hydroxylation is 1. The maximum absolute atomic E-state index is 11.0. The SMILES string of the molecule is C=C=C(C)CCc1ccc(NC(=C)[C@H](CCCNC(N)=O)NC(=C)C(NC)C(C)C)cc1. The molecule has 0 heterocycles. The van der Waals surface area contributed by atoms with Crippen LogP contribution in [-0.2, 0) is 6.42 Å². The highest BCUT2D eigenvalue weighted by molar-refractivity contribution is 5.71. The molecule has 0 aromatic heterocycles. The molecule has 1 aromatic rings. The van der Waals surface area contributed by atoms with Crippen molar-refractivity contribution in [3.05, 3.63) is 72.3 Å². The average Bonchev–Trinajstić information content (AvgIpc) is 2.75. The van der Waals surface area contributed by atoms with Crippen LogP contribution in [0.1, 0.15) is 45.6 Å². The first-order chi connectivity index (χ1) is 15.2. The van der Waals surface area contributed by atoms with E-state index in [9.17, 15) is 4.79 Å². The fourth-order valence-corrected chi connectivity index (χ4v) is 3.52. The first kappa shape index (κ1) is 27.1. The summed E-state index contributed by atoms with van der Waals surface area (Å²) in [6, 6.07) is 7.97. The molecule has 0 saturated carbocycles. The van der Waals surface area contributed by atoms with Gasteiger partial charge in [-0.05, 0) is 68.8 Å². The first-order valence-electron chi connectivity index (χ1n) is 11.2. The molecule has 0 aliphatic carbocycles. The number of anilines is 1. The Morgan fingerprint density at radius 2 is 1.81 bits per heavy atom. The summed E-state index contributed by atoms with van der Waals surface area (Å²) in [6.07, 6.45) is 3.45. The minimum absolute atomic E-state index is 0.0492. The van der Waals surface area contributed by atoms with Crippen molar-refractivity contribution in [1.29, 1.82) is 0 Å². The molecule has 2 amide bonds. The molecule has 0 aliphatic heterocycles. The van der Waals surface area contributed by atoms with E-state index in [4.69, 9.17) is 5.73 Å². The molecule has 0 radical (unpaired) electrons. The summed E-state index contributed by atoms with van der Waals surface area (Å²) in [5.74, 6) is 0.394. The fraction of sp³-hybridized carbons (Fsp3) is 0.462. The Morgan fingerprint density at radius 1 is 1.16 bits per heavy atom. The second kappa shape index (κ2) is 14.2. The number of nitrogens with one attached hydrogen (secondary N) is 4. The van der Waals surface area contributed by atoms with Crippen molar-refractivity contribution in [3.8, 4) is 0 Å². The van der Waals surface area contributed by atoms with Crippen LogP contribution in [0.4, 0.5) is 10.5 Å². The van der Waals surface area contributed by atoms with Gasteiger partial charge in [-0.15, -0.1) is 5.73 Å². The monoisotopic (exact) mass is 439 g/mol. The topological polar surface area (TPSA) is 91.2 Å². The molecule has 32 heavy (non-hydrogen) atoms. The maximum Gasteiger partial charge on any atom is 0.312 e. The molecule has 176 valence electrons. The van der Waals surface area contributed by atoms with Crippen molar-refractivity contribution in [3.63, 3.8) is 0 Å². The first-order valence-corrected chi connectivity index (χ1v) is 11.2. The zero-order valence-electron chi connectivity index (χ0n) is 20.2. The lowest BCUT2D eigenvalue weighted by Crippen LogP contribution is -2.43. The molecular weight excluding hydrogens is 398 g/mol. The average molecular weight is 440 g/mol. The lowest BCUT2D eigenvalue weighted by atomic mass is 10.00. The van der Waals surface area contributed by atoms with Gasteiger partial charge in [-0.3, -0.25) is 0 Å². The number of carbonyl (C=O) groups excluding carboxylic acids is 1. The Hall–Kier alpha value is -2.95. The van der Waals surface area contributed by atoms with E-state index in [-0.39, 0.29) is 12.1 Å². The largest absolute Gasteiger partial charge is 0.379 e. The highest BCUT2D eigenvalue weighted by Gasteiger charge is 2.20. The summed E-state index contributed by atoms with van der Waals surface area (Å²) in [6.45, 7) is 19.1. The smallest absolute Gasteiger partial charge is 0.312 e. The molecule has 6 nitrogen and oxygen atoms in total. The van der Waals surface area contributed by atoms with Gasteiger partial charge in [-0.25, -0.2) is 4.79 Å². The molecule has 0 saturated heterocycles. The van der Waals surface area contributed by atoms with Crippen LogP contribution in [0.2, 0.25) is 0 Å². The van der Waals surface area contributed by atoms with Crippen LogP contribution in [0, 0.1) is 5.92 Å². The van der Waals surface area contributed by atoms with Crippen molar-refractivity contribution in [2.45, 2.75) is 58.5 Å². The van der Waals surface area contributed by atoms with E-state index in [2.05, 4.69) is 84.8 Å². The molecule has 6 N–H and O–H groups in total. The quantitative estimate of drug-likeness (QED) is 0.206. The summed E-state index contributed by atoms with van der Waals surface area (Å²) >= 11 is 0. The molecule has 1 rings (SSSR count).